The maximum atomic E-state index is 11.0. The Kier molecular flexibility index (Phi) is 5.19. The predicted octanol–water partition coefficient (Wildman–Crippen LogP) is 0.0555. The molecule has 1 saturated heterocycles. The Balaban J connectivity index is 1.75. The number of aliphatic hydroxyl groups is 1. The molecule has 8 heteroatoms. The molecule has 0 saturated carbocycles. The van der Waals surface area contributed by atoms with Crippen LogP contribution >= 0.6 is 0 Å². The number of anilines is 1. The first-order valence-corrected chi connectivity index (χ1v) is 8.69. The van der Waals surface area contributed by atoms with Crippen molar-refractivity contribution in [2.45, 2.75) is 26.0 Å². The first-order chi connectivity index (χ1) is 12.0. The molecule has 3 rings (SSSR count). The second-order valence-electron chi connectivity index (χ2n) is 6.73. The van der Waals surface area contributed by atoms with Crippen LogP contribution in [0.2, 0.25) is 0 Å². The van der Waals surface area contributed by atoms with E-state index in [9.17, 15) is 9.90 Å². The Morgan fingerprint density at radius 1 is 1.48 bits per heavy atom. The molecule has 0 spiro atoms. The smallest absolute Gasteiger partial charge is 0.231 e. The highest BCUT2D eigenvalue weighted by atomic mass is 16.3. The number of rotatable bonds is 6. The molecule has 2 unspecified atom stereocenters. The summed E-state index contributed by atoms with van der Waals surface area (Å²) >= 11 is 0. The largest absolute Gasteiger partial charge is 0.391 e. The van der Waals surface area contributed by atoms with E-state index >= 15 is 0 Å². The van der Waals surface area contributed by atoms with Crippen molar-refractivity contribution in [2.24, 2.45) is 11.7 Å². The quantitative estimate of drug-likeness (QED) is 0.767. The summed E-state index contributed by atoms with van der Waals surface area (Å²) in [6, 6.07) is 2.03. The first kappa shape index (κ1) is 17.6. The highest BCUT2D eigenvalue weighted by Gasteiger charge is 2.29. The summed E-state index contributed by atoms with van der Waals surface area (Å²) in [5, 5.41) is 11.5. The molecule has 0 bridgehead atoms. The zero-order valence-electron chi connectivity index (χ0n) is 14.8. The van der Waals surface area contributed by atoms with Crippen LogP contribution in [0.3, 0.4) is 0 Å². The van der Waals surface area contributed by atoms with E-state index < -0.39 is 6.10 Å². The fourth-order valence-corrected chi connectivity index (χ4v) is 3.47. The molecule has 1 amide bonds. The number of aromatic nitrogens is 3. The molecule has 2 aromatic heterocycles. The van der Waals surface area contributed by atoms with E-state index in [2.05, 4.69) is 26.4 Å². The van der Waals surface area contributed by atoms with Crippen LogP contribution in [0.4, 0.5) is 5.82 Å². The number of β-amino-alcohol motifs (C(OH)–C–C–N with tert-alkyl or cyclic N) is 1. The monoisotopic (exact) mass is 346 g/mol. The van der Waals surface area contributed by atoms with Crippen molar-refractivity contribution in [3.05, 3.63) is 18.6 Å². The average molecular weight is 346 g/mol. The molecule has 2 atom stereocenters. The number of aliphatic hydroxyl groups excluding tert-OH is 1. The van der Waals surface area contributed by atoms with Gasteiger partial charge in [-0.1, -0.05) is 0 Å². The number of hydrogen-bond donors (Lipinski definition) is 2. The Morgan fingerprint density at radius 2 is 2.28 bits per heavy atom. The van der Waals surface area contributed by atoms with Gasteiger partial charge in [-0.15, -0.1) is 0 Å². The van der Waals surface area contributed by atoms with Crippen LogP contribution in [0.25, 0.3) is 11.0 Å². The molecule has 0 aromatic carbocycles. The van der Waals surface area contributed by atoms with Gasteiger partial charge >= 0.3 is 0 Å². The molecule has 1 aliphatic heterocycles. The van der Waals surface area contributed by atoms with Gasteiger partial charge in [0.15, 0.2) is 0 Å². The molecule has 1 fully saturated rings. The lowest BCUT2D eigenvalue weighted by Crippen LogP contribution is -2.47. The zero-order valence-corrected chi connectivity index (χ0v) is 14.8. The number of likely N-dealkylation sites (tertiary alicyclic amines) is 1. The summed E-state index contributed by atoms with van der Waals surface area (Å²) in [4.78, 5) is 23.9. The molecule has 3 heterocycles. The van der Waals surface area contributed by atoms with Gasteiger partial charge < -0.3 is 20.3 Å². The van der Waals surface area contributed by atoms with Crippen molar-refractivity contribution >= 4 is 22.8 Å². The van der Waals surface area contributed by atoms with Gasteiger partial charge in [0.1, 0.15) is 17.8 Å². The molecule has 1 aliphatic rings. The molecule has 136 valence electrons. The van der Waals surface area contributed by atoms with Crippen LogP contribution in [0.1, 0.15) is 13.3 Å². The van der Waals surface area contributed by atoms with Gasteiger partial charge in [0.2, 0.25) is 5.91 Å². The van der Waals surface area contributed by atoms with E-state index in [1.807, 2.05) is 24.2 Å². The minimum Gasteiger partial charge on any atom is -0.391 e. The first-order valence-electron chi connectivity index (χ1n) is 8.69. The van der Waals surface area contributed by atoms with Crippen molar-refractivity contribution in [2.75, 3.05) is 38.1 Å². The van der Waals surface area contributed by atoms with Crippen LogP contribution in [0.5, 0.6) is 0 Å². The number of amides is 1. The molecule has 25 heavy (non-hydrogen) atoms. The van der Waals surface area contributed by atoms with Gasteiger partial charge in [0, 0.05) is 38.8 Å². The highest BCUT2D eigenvalue weighted by Crippen LogP contribution is 2.26. The molecule has 0 radical (unpaired) electrons. The minimum absolute atomic E-state index is 0.127. The van der Waals surface area contributed by atoms with E-state index in [1.165, 1.54) is 0 Å². The van der Waals surface area contributed by atoms with Crippen molar-refractivity contribution in [3.63, 3.8) is 0 Å². The van der Waals surface area contributed by atoms with Crippen LogP contribution in [0.15, 0.2) is 18.6 Å². The lowest BCUT2D eigenvalue weighted by atomic mass is 9.93. The third kappa shape index (κ3) is 3.74. The van der Waals surface area contributed by atoms with Crippen LogP contribution in [0, 0.1) is 5.92 Å². The van der Waals surface area contributed by atoms with E-state index in [0.29, 0.717) is 13.1 Å². The number of hydrogen-bond acceptors (Lipinski definition) is 6. The number of nitrogens with two attached hydrogens (primary N) is 1. The number of nitrogens with zero attached hydrogens (tertiary/aromatic N) is 5. The molecule has 3 N–H and O–H groups in total. The maximum Gasteiger partial charge on any atom is 0.231 e. The summed E-state index contributed by atoms with van der Waals surface area (Å²) in [6.45, 7) is 5.10. The van der Waals surface area contributed by atoms with Gasteiger partial charge in [-0.05, 0) is 26.0 Å². The molecule has 8 nitrogen and oxygen atoms in total. The Labute approximate surface area is 147 Å². The standard InChI is InChI=1S/C17H26N6O2/c1-3-21(2)16-13-5-7-23(17(13)20-11-19-16)8-12-4-6-22(9-14(12)24)10-15(18)25/h5,7,11-12,14,24H,3-4,6,8-10H2,1-2H3,(H2,18,25). The van der Waals surface area contributed by atoms with Gasteiger partial charge in [-0.3, -0.25) is 9.69 Å². The number of primary amides is 1. The van der Waals surface area contributed by atoms with Crippen LogP contribution in [-0.2, 0) is 11.3 Å². The maximum absolute atomic E-state index is 11.0. The Hall–Kier alpha value is -2.19. The zero-order chi connectivity index (χ0) is 18.0. The molecule has 0 aliphatic carbocycles. The van der Waals surface area contributed by atoms with E-state index in [0.717, 1.165) is 36.4 Å². The summed E-state index contributed by atoms with van der Waals surface area (Å²) in [6.07, 6.45) is 3.94. The van der Waals surface area contributed by atoms with Crippen molar-refractivity contribution in [1.29, 1.82) is 0 Å². The summed E-state index contributed by atoms with van der Waals surface area (Å²) in [5.74, 6) is 0.691. The van der Waals surface area contributed by atoms with Crippen LogP contribution in [-0.4, -0.2) is 69.8 Å². The minimum atomic E-state index is -0.481. The SMILES string of the molecule is CCN(C)c1ncnc2c1ccn2CC1CCN(CC(N)=O)CC1O. The van der Waals surface area contributed by atoms with Gasteiger partial charge in [-0.2, -0.15) is 0 Å². The van der Waals surface area contributed by atoms with Gasteiger partial charge in [0.05, 0.1) is 18.0 Å². The average Bonchev–Trinajstić information content (AvgIpc) is 2.99. The van der Waals surface area contributed by atoms with Crippen molar-refractivity contribution < 1.29 is 9.90 Å². The fourth-order valence-electron chi connectivity index (χ4n) is 3.47. The normalized spacial score (nSPS) is 21.6. The molecule has 2 aromatic rings. The highest BCUT2D eigenvalue weighted by molar-refractivity contribution is 5.87. The topological polar surface area (TPSA) is 101 Å². The Morgan fingerprint density at radius 3 is 2.96 bits per heavy atom. The summed E-state index contributed by atoms with van der Waals surface area (Å²) in [7, 11) is 2.01. The third-order valence-electron chi connectivity index (χ3n) is 4.99. The lowest BCUT2D eigenvalue weighted by molar-refractivity contribution is -0.120. The Bertz CT molecular complexity index is 746. The second kappa shape index (κ2) is 7.37. The molecular formula is C17H26N6O2. The fraction of sp³-hybridized carbons (Fsp3) is 0.588. The van der Waals surface area contributed by atoms with Gasteiger partial charge in [0.25, 0.3) is 0 Å². The summed E-state index contributed by atoms with van der Waals surface area (Å²) < 4.78 is 2.08. The van der Waals surface area contributed by atoms with E-state index in [1.54, 1.807) is 6.33 Å². The van der Waals surface area contributed by atoms with Crippen molar-refractivity contribution in [1.82, 2.24) is 19.4 Å². The second-order valence-corrected chi connectivity index (χ2v) is 6.73. The number of fused-ring (bicyclic) bond motifs is 1. The number of carbonyl (C=O) groups is 1. The number of piperidine rings is 1. The summed E-state index contributed by atoms with van der Waals surface area (Å²) in [5.41, 5.74) is 6.13. The lowest BCUT2D eigenvalue weighted by Gasteiger charge is -2.35. The predicted molar refractivity (Wildman–Crippen MR) is 96.2 cm³/mol. The van der Waals surface area contributed by atoms with Crippen molar-refractivity contribution in [3.8, 4) is 0 Å². The number of carbonyl (C=O) groups excluding carboxylic acids is 1. The van der Waals surface area contributed by atoms with E-state index in [4.69, 9.17) is 5.73 Å². The third-order valence-corrected chi connectivity index (χ3v) is 4.99. The molecular weight excluding hydrogens is 320 g/mol. The van der Waals surface area contributed by atoms with Crippen LogP contribution < -0.4 is 10.6 Å². The van der Waals surface area contributed by atoms with E-state index in [-0.39, 0.29) is 18.4 Å². The van der Waals surface area contributed by atoms with Gasteiger partial charge in [-0.25, -0.2) is 9.97 Å².